The van der Waals surface area contributed by atoms with Crippen molar-refractivity contribution in [2.24, 2.45) is 0 Å². The first-order valence-electron chi connectivity index (χ1n) is 9.93. The van der Waals surface area contributed by atoms with E-state index in [0.717, 1.165) is 11.1 Å². The third kappa shape index (κ3) is 3.97. The van der Waals surface area contributed by atoms with Gasteiger partial charge >= 0.3 is 6.09 Å². The fraction of sp³-hybridized carbons (Fsp3) is 0.154. The molecule has 1 N–H and O–H groups in total. The zero-order chi connectivity index (χ0) is 20.9. The number of carbonyl (C=O) groups is 1. The second-order valence-electron chi connectivity index (χ2n) is 7.29. The van der Waals surface area contributed by atoms with E-state index in [0.29, 0.717) is 18.7 Å². The lowest BCUT2D eigenvalue weighted by Crippen LogP contribution is -2.26. The number of alkyl carbamates (subject to hydrolysis) is 1. The Morgan fingerprint density at radius 2 is 1.73 bits per heavy atom. The van der Waals surface area contributed by atoms with Gasteiger partial charge in [-0.25, -0.2) is 4.79 Å². The Balaban J connectivity index is 1.34. The molecule has 0 saturated heterocycles. The molecule has 0 radical (unpaired) electrons. The fourth-order valence-corrected chi connectivity index (χ4v) is 3.87. The molecule has 0 heterocycles. The van der Waals surface area contributed by atoms with Crippen molar-refractivity contribution in [2.45, 2.75) is 12.8 Å². The number of fused-ring (bicyclic) bond motifs is 3. The van der Waals surface area contributed by atoms with E-state index in [1.807, 2.05) is 55.5 Å². The van der Waals surface area contributed by atoms with Crippen LogP contribution in [-0.2, 0) is 4.74 Å². The molecular formula is C26H22N2O2. The van der Waals surface area contributed by atoms with Crippen LogP contribution in [0.15, 0.2) is 72.8 Å². The molecule has 1 aliphatic rings. The summed E-state index contributed by atoms with van der Waals surface area (Å²) >= 11 is 0. The maximum absolute atomic E-state index is 12.2. The smallest absolute Gasteiger partial charge is 0.407 e. The lowest BCUT2D eigenvalue weighted by atomic mass is 9.98. The Morgan fingerprint density at radius 1 is 1.07 bits per heavy atom. The summed E-state index contributed by atoms with van der Waals surface area (Å²) in [6.45, 7) is 2.64. The Labute approximate surface area is 176 Å². The highest BCUT2D eigenvalue weighted by atomic mass is 16.5. The average Bonchev–Trinajstić information content (AvgIpc) is 3.10. The Morgan fingerprint density at radius 3 is 2.40 bits per heavy atom. The standard InChI is InChI=1S/C26H22N2O2/c1-18-12-13-19(16-27)15-20(18)7-6-14-28-26(29)30-17-25-23-10-4-2-8-21(23)22-9-3-5-11-24(22)25/h2-13,15,25H,14,17H2,1H3,(H,28,29). The van der Waals surface area contributed by atoms with Gasteiger partial charge in [-0.05, 0) is 52.4 Å². The van der Waals surface area contributed by atoms with Crippen LogP contribution in [0.4, 0.5) is 4.79 Å². The Kier molecular flexibility index (Phi) is 5.63. The molecule has 0 aliphatic heterocycles. The average molecular weight is 394 g/mol. The van der Waals surface area contributed by atoms with E-state index in [4.69, 9.17) is 10.00 Å². The van der Waals surface area contributed by atoms with Gasteiger partial charge in [0.05, 0.1) is 11.6 Å². The van der Waals surface area contributed by atoms with E-state index in [-0.39, 0.29) is 5.92 Å². The van der Waals surface area contributed by atoms with Crippen molar-refractivity contribution in [1.82, 2.24) is 5.32 Å². The summed E-state index contributed by atoms with van der Waals surface area (Å²) in [6, 6.07) is 24.2. The maximum atomic E-state index is 12.2. The zero-order valence-electron chi connectivity index (χ0n) is 16.8. The summed E-state index contributed by atoms with van der Waals surface area (Å²) in [6.07, 6.45) is 3.31. The number of ether oxygens (including phenoxy) is 1. The van der Waals surface area contributed by atoms with Gasteiger partial charge in [-0.2, -0.15) is 5.26 Å². The highest BCUT2D eigenvalue weighted by molar-refractivity contribution is 5.79. The summed E-state index contributed by atoms with van der Waals surface area (Å²) in [4.78, 5) is 12.2. The van der Waals surface area contributed by atoms with Gasteiger partial charge in [0.1, 0.15) is 6.61 Å². The van der Waals surface area contributed by atoms with E-state index < -0.39 is 6.09 Å². The number of hydrogen-bond acceptors (Lipinski definition) is 3. The Bertz CT molecular complexity index is 1110. The van der Waals surface area contributed by atoms with Gasteiger partial charge in [0.15, 0.2) is 0 Å². The number of benzene rings is 3. The van der Waals surface area contributed by atoms with Crippen molar-refractivity contribution in [1.29, 1.82) is 5.26 Å². The molecule has 0 atom stereocenters. The van der Waals surface area contributed by atoms with E-state index in [9.17, 15) is 4.79 Å². The van der Waals surface area contributed by atoms with Crippen LogP contribution in [0.5, 0.6) is 0 Å². The highest BCUT2D eigenvalue weighted by Gasteiger charge is 2.28. The minimum absolute atomic E-state index is 0.0510. The minimum atomic E-state index is -0.441. The van der Waals surface area contributed by atoms with Crippen LogP contribution in [-0.4, -0.2) is 19.2 Å². The van der Waals surface area contributed by atoms with Crippen molar-refractivity contribution < 1.29 is 9.53 Å². The van der Waals surface area contributed by atoms with Gasteiger partial charge in [0, 0.05) is 12.5 Å². The molecule has 3 aromatic carbocycles. The van der Waals surface area contributed by atoms with Gasteiger partial charge in [-0.1, -0.05) is 66.7 Å². The van der Waals surface area contributed by atoms with Crippen LogP contribution < -0.4 is 5.32 Å². The second-order valence-corrected chi connectivity index (χ2v) is 7.29. The summed E-state index contributed by atoms with van der Waals surface area (Å²) in [5, 5.41) is 11.8. The van der Waals surface area contributed by atoms with Crippen LogP contribution in [0.2, 0.25) is 0 Å². The molecule has 0 bridgehead atoms. The first-order chi connectivity index (χ1) is 14.7. The predicted molar refractivity (Wildman–Crippen MR) is 118 cm³/mol. The van der Waals surface area contributed by atoms with Crippen LogP contribution >= 0.6 is 0 Å². The number of carbonyl (C=O) groups excluding carboxylic acids is 1. The third-order valence-electron chi connectivity index (χ3n) is 5.41. The summed E-state index contributed by atoms with van der Waals surface area (Å²) < 4.78 is 5.53. The van der Waals surface area contributed by atoms with Crippen LogP contribution in [0.1, 0.15) is 33.7 Å². The predicted octanol–water partition coefficient (Wildman–Crippen LogP) is 5.42. The molecule has 3 aromatic rings. The molecule has 1 aliphatic carbocycles. The van der Waals surface area contributed by atoms with Gasteiger partial charge in [-0.15, -0.1) is 0 Å². The number of hydrogen-bond donors (Lipinski definition) is 1. The first-order valence-corrected chi connectivity index (χ1v) is 9.93. The monoisotopic (exact) mass is 394 g/mol. The Hall–Kier alpha value is -3.84. The molecule has 0 spiro atoms. The van der Waals surface area contributed by atoms with E-state index in [2.05, 4.69) is 35.7 Å². The van der Waals surface area contributed by atoms with Crippen LogP contribution in [0.25, 0.3) is 17.2 Å². The number of nitriles is 1. The van der Waals surface area contributed by atoms with Crippen molar-refractivity contribution in [3.05, 3.63) is 101 Å². The SMILES string of the molecule is Cc1ccc(C#N)cc1C=CCNC(=O)OCC1c2ccccc2-c2ccccc21. The van der Waals surface area contributed by atoms with Crippen molar-refractivity contribution in [2.75, 3.05) is 13.2 Å². The molecule has 4 rings (SSSR count). The van der Waals surface area contributed by atoms with Crippen LogP contribution in [0, 0.1) is 18.3 Å². The lowest BCUT2D eigenvalue weighted by Gasteiger charge is -2.14. The van der Waals surface area contributed by atoms with Gasteiger partial charge in [0.25, 0.3) is 0 Å². The molecule has 0 unspecified atom stereocenters. The third-order valence-corrected chi connectivity index (χ3v) is 5.41. The number of nitrogens with one attached hydrogen (secondary N) is 1. The number of aryl methyl sites for hydroxylation is 1. The molecule has 4 heteroatoms. The molecule has 0 aromatic heterocycles. The van der Waals surface area contributed by atoms with E-state index in [1.165, 1.54) is 22.3 Å². The van der Waals surface area contributed by atoms with E-state index >= 15 is 0 Å². The molecule has 0 saturated carbocycles. The second kappa shape index (κ2) is 8.67. The summed E-state index contributed by atoms with van der Waals surface area (Å²) in [5.74, 6) is 0.0510. The lowest BCUT2D eigenvalue weighted by molar-refractivity contribution is 0.144. The molecule has 4 nitrogen and oxygen atoms in total. The van der Waals surface area contributed by atoms with Crippen molar-refractivity contribution in [3.63, 3.8) is 0 Å². The van der Waals surface area contributed by atoms with Gasteiger partial charge in [0.2, 0.25) is 0 Å². The number of rotatable bonds is 5. The molecular weight excluding hydrogens is 372 g/mol. The summed E-state index contributed by atoms with van der Waals surface area (Å²) in [5.41, 5.74) is 7.46. The molecule has 148 valence electrons. The number of nitrogens with zero attached hydrogens (tertiary/aromatic N) is 1. The highest BCUT2D eigenvalue weighted by Crippen LogP contribution is 2.44. The van der Waals surface area contributed by atoms with E-state index in [1.54, 1.807) is 6.07 Å². The molecule has 1 amide bonds. The summed E-state index contributed by atoms with van der Waals surface area (Å²) in [7, 11) is 0. The maximum Gasteiger partial charge on any atom is 0.407 e. The topological polar surface area (TPSA) is 62.1 Å². The zero-order valence-corrected chi connectivity index (χ0v) is 16.8. The van der Waals surface area contributed by atoms with Gasteiger partial charge < -0.3 is 10.1 Å². The quantitative estimate of drug-likeness (QED) is 0.629. The van der Waals surface area contributed by atoms with Crippen molar-refractivity contribution in [3.8, 4) is 17.2 Å². The largest absolute Gasteiger partial charge is 0.449 e. The van der Waals surface area contributed by atoms with Crippen LogP contribution in [0.3, 0.4) is 0 Å². The number of amides is 1. The minimum Gasteiger partial charge on any atom is -0.449 e. The van der Waals surface area contributed by atoms with Gasteiger partial charge in [-0.3, -0.25) is 0 Å². The fourth-order valence-electron chi connectivity index (χ4n) is 3.87. The molecule has 0 fully saturated rings. The van der Waals surface area contributed by atoms with Crippen molar-refractivity contribution >= 4 is 12.2 Å². The normalized spacial score (nSPS) is 12.3. The first kappa shape index (κ1) is 19.5. The molecule has 30 heavy (non-hydrogen) atoms.